The fourth-order valence-electron chi connectivity index (χ4n) is 5.55. The van der Waals surface area contributed by atoms with E-state index in [9.17, 15) is 26.7 Å². The van der Waals surface area contributed by atoms with Crippen molar-refractivity contribution in [1.29, 1.82) is 0 Å². The second-order valence-electron chi connectivity index (χ2n) is 10.3. The van der Waals surface area contributed by atoms with E-state index < -0.39 is 47.9 Å². The van der Waals surface area contributed by atoms with Gasteiger partial charge < -0.3 is 20.4 Å². The van der Waals surface area contributed by atoms with E-state index in [1.165, 1.54) is 9.80 Å². The molecule has 1 fully saturated rings. The highest BCUT2D eigenvalue weighted by molar-refractivity contribution is 5.83. The molecular weight excluding hydrogens is 503 g/mol. The summed E-state index contributed by atoms with van der Waals surface area (Å²) >= 11 is 0. The predicted molar refractivity (Wildman–Crippen MR) is 136 cm³/mol. The number of nitrogens with zero attached hydrogens (tertiary/aromatic N) is 3. The van der Waals surface area contributed by atoms with Gasteiger partial charge in [-0.2, -0.15) is 0 Å². The van der Waals surface area contributed by atoms with Crippen LogP contribution in [0.1, 0.15) is 30.4 Å². The van der Waals surface area contributed by atoms with Crippen molar-refractivity contribution in [2.75, 3.05) is 33.7 Å². The molecule has 10 heteroatoms. The molecule has 5 nitrogen and oxygen atoms in total. The maximum atomic E-state index is 14.9. The van der Waals surface area contributed by atoms with Crippen LogP contribution in [0.25, 0.3) is 5.57 Å². The number of carbonyl (C=O) groups is 1. The molecular formula is C28H33F5N4O. The Balaban J connectivity index is 1.81. The van der Waals surface area contributed by atoms with Crippen LogP contribution < -0.4 is 5.73 Å². The SMILES string of the molecule is CN1CCC(N(C)C(=O)N2CC(c3cc(F)ccc3F)=C[C@@]2(CC(N)C(F)F)c2ccccc2)CC(F)C1. The maximum Gasteiger partial charge on any atom is 0.321 e. The zero-order valence-corrected chi connectivity index (χ0v) is 21.5. The van der Waals surface area contributed by atoms with Gasteiger partial charge in [0.25, 0.3) is 6.43 Å². The van der Waals surface area contributed by atoms with Gasteiger partial charge in [0, 0.05) is 38.2 Å². The third-order valence-electron chi connectivity index (χ3n) is 7.60. The van der Waals surface area contributed by atoms with E-state index in [4.69, 9.17) is 5.73 Å². The normalized spacial score (nSPS) is 25.3. The van der Waals surface area contributed by atoms with Crippen LogP contribution >= 0.6 is 0 Å². The van der Waals surface area contributed by atoms with Gasteiger partial charge in [0.1, 0.15) is 17.8 Å². The topological polar surface area (TPSA) is 52.8 Å². The van der Waals surface area contributed by atoms with Crippen LogP contribution in [0.15, 0.2) is 54.6 Å². The summed E-state index contributed by atoms with van der Waals surface area (Å²) in [5.74, 6) is -1.37. The number of benzene rings is 2. The van der Waals surface area contributed by atoms with Gasteiger partial charge in [-0.25, -0.2) is 26.7 Å². The summed E-state index contributed by atoms with van der Waals surface area (Å²) in [7, 11) is 3.38. The van der Waals surface area contributed by atoms with Gasteiger partial charge in [0.05, 0.1) is 11.6 Å². The van der Waals surface area contributed by atoms with Gasteiger partial charge in [-0.1, -0.05) is 30.3 Å². The molecule has 2 aliphatic rings. The average Bonchev–Trinajstić information content (AvgIpc) is 3.18. The second kappa shape index (κ2) is 11.4. The van der Waals surface area contributed by atoms with Gasteiger partial charge >= 0.3 is 6.03 Å². The third-order valence-corrected chi connectivity index (χ3v) is 7.60. The molecule has 2 aromatic carbocycles. The lowest BCUT2D eigenvalue weighted by Crippen LogP contribution is -2.55. The zero-order chi connectivity index (χ0) is 27.6. The molecule has 2 N–H and O–H groups in total. The minimum Gasteiger partial charge on any atom is -0.325 e. The lowest BCUT2D eigenvalue weighted by atomic mass is 9.83. The minimum absolute atomic E-state index is 0.0613. The molecule has 0 spiro atoms. The summed E-state index contributed by atoms with van der Waals surface area (Å²) < 4.78 is 71.2. The van der Waals surface area contributed by atoms with Crippen molar-refractivity contribution >= 4 is 11.6 Å². The highest BCUT2D eigenvalue weighted by Gasteiger charge is 2.48. The molecule has 0 bridgehead atoms. The molecule has 0 aromatic heterocycles. The Morgan fingerprint density at radius 1 is 1.18 bits per heavy atom. The van der Waals surface area contributed by atoms with Crippen molar-refractivity contribution in [3.8, 4) is 0 Å². The molecule has 0 saturated carbocycles. The van der Waals surface area contributed by atoms with E-state index in [2.05, 4.69) is 0 Å². The number of alkyl halides is 3. The van der Waals surface area contributed by atoms with Crippen LogP contribution in [0, 0.1) is 11.6 Å². The first-order valence-corrected chi connectivity index (χ1v) is 12.6. The van der Waals surface area contributed by atoms with Gasteiger partial charge in [-0.3, -0.25) is 0 Å². The largest absolute Gasteiger partial charge is 0.325 e. The number of urea groups is 1. The molecule has 0 aliphatic carbocycles. The molecule has 3 unspecified atom stereocenters. The molecule has 4 rings (SSSR count). The molecule has 38 heavy (non-hydrogen) atoms. The highest BCUT2D eigenvalue weighted by atomic mass is 19.3. The van der Waals surface area contributed by atoms with E-state index in [1.54, 1.807) is 43.5 Å². The number of nitrogens with two attached hydrogens (primary N) is 1. The van der Waals surface area contributed by atoms with Crippen molar-refractivity contribution in [2.24, 2.45) is 5.73 Å². The Kier molecular flexibility index (Phi) is 8.42. The first-order valence-electron chi connectivity index (χ1n) is 12.6. The second-order valence-corrected chi connectivity index (χ2v) is 10.3. The highest BCUT2D eigenvalue weighted by Crippen LogP contribution is 2.45. The minimum atomic E-state index is -2.88. The molecule has 2 amide bonds. The first-order chi connectivity index (χ1) is 18.0. The molecule has 4 atom stereocenters. The van der Waals surface area contributed by atoms with Crippen molar-refractivity contribution in [2.45, 2.75) is 49.5 Å². The van der Waals surface area contributed by atoms with E-state index in [0.717, 1.165) is 18.2 Å². The van der Waals surface area contributed by atoms with Crippen LogP contribution in [0.2, 0.25) is 0 Å². The average molecular weight is 537 g/mol. The smallest absolute Gasteiger partial charge is 0.321 e. The fourth-order valence-corrected chi connectivity index (χ4v) is 5.55. The standard InChI is InChI=1S/C28H33F5N4O/c1-35-11-10-22(12-21(30)17-35)36(2)27(38)37-16-18(23-13-20(29)8-9-24(23)31)14-28(37,15-25(34)26(32)33)19-6-4-3-5-7-19/h3-9,13-14,21-22,25-26H,10-12,15-17,34H2,1-2H3/t21?,22?,25?,28-/m1/s1. The van der Waals surface area contributed by atoms with Gasteiger partial charge in [-0.05, 0) is 61.8 Å². The summed E-state index contributed by atoms with van der Waals surface area (Å²) in [5, 5.41) is 0. The number of amides is 2. The monoisotopic (exact) mass is 536 g/mol. The molecule has 0 radical (unpaired) electrons. The predicted octanol–water partition coefficient (Wildman–Crippen LogP) is 5.03. The Bertz CT molecular complexity index is 1160. The van der Waals surface area contributed by atoms with Crippen LogP contribution in [0.4, 0.5) is 26.7 Å². The van der Waals surface area contributed by atoms with Crippen molar-refractivity contribution < 1.29 is 26.7 Å². The number of carbonyl (C=O) groups excluding carboxylic acids is 1. The van der Waals surface area contributed by atoms with E-state index in [-0.39, 0.29) is 37.1 Å². The van der Waals surface area contributed by atoms with Crippen LogP contribution in [0.3, 0.4) is 0 Å². The fraction of sp³-hybridized carbons (Fsp3) is 0.464. The van der Waals surface area contributed by atoms with Crippen LogP contribution in [0.5, 0.6) is 0 Å². The molecule has 2 aromatic rings. The van der Waals surface area contributed by atoms with Crippen molar-refractivity contribution in [3.63, 3.8) is 0 Å². The number of hydrogen-bond acceptors (Lipinski definition) is 3. The van der Waals surface area contributed by atoms with Crippen molar-refractivity contribution in [1.82, 2.24) is 14.7 Å². The first kappa shape index (κ1) is 28.0. The number of hydrogen-bond donors (Lipinski definition) is 1. The Morgan fingerprint density at radius 2 is 1.89 bits per heavy atom. The molecule has 1 saturated heterocycles. The van der Waals surface area contributed by atoms with E-state index >= 15 is 0 Å². The lowest BCUT2D eigenvalue weighted by Gasteiger charge is -2.43. The summed E-state index contributed by atoms with van der Waals surface area (Å²) in [5.41, 5.74) is 5.13. The summed E-state index contributed by atoms with van der Waals surface area (Å²) in [6.45, 7) is 0.671. The Morgan fingerprint density at radius 3 is 2.58 bits per heavy atom. The van der Waals surface area contributed by atoms with Crippen LogP contribution in [-0.2, 0) is 5.54 Å². The number of rotatable bonds is 6. The summed E-state index contributed by atoms with van der Waals surface area (Å²) in [4.78, 5) is 18.8. The number of likely N-dealkylation sites (tertiary alicyclic amines) is 1. The third kappa shape index (κ3) is 5.71. The zero-order valence-electron chi connectivity index (χ0n) is 21.5. The lowest BCUT2D eigenvalue weighted by molar-refractivity contribution is 0.0682. The van der Waals surface area contributed by atoms with E-state index in [0.29, 0.717) is 18.5 Å². The molecule has 206 valence electrons. The number of halogens is 5. The summed E-state index contributed by atoms with van der Waals surface area (Å²) in [6, 6.07) is 8.98. The van der Waals surface area contributed by atoms with Crippen LogP contribution in [-0.4, -0.2) is 79.1 Å². The Hall–Kier alpha value is -2.98. The van der Waals surface area contributed by atoms with Gasteiger partial charge in [0.15, 0.2) is 0 Å². The van der Waals surface area contributed by atoms with E-state index in [1.807, 2.05) is 11.9 Å². The maximum absolute atomic E-state index is 14.9. The quantitative estimate of drug-likeness (QED) is 0.528. The van der Waals surface area contributed by atoms with Crippen molar-refractivity contribution in [3.05, 3.63) is 77.4 Å². The molecule has 2 heterocycles. The molecule has 2 aliphatic heterocycles. The Labute approximate surface area is 219 Å². The summed E-state index contributed by atoms with van der Waals surface area (Å²) in [6.07, 6.45) is -2.16. The van der Waals surface area contributed by atoms with Gasteiger partial charge in [0.2, 0.25) is 0 Å². The van der Waals surface area contributed by atoms with Gasteiger partial charge in [-0.15, -0.1) is 0 Å².